The number of hydrogen-bond acceptors (Lipinski definition) is 5. The molecule has 0 radical (unpaired) electrons. The molecule has 0 aliphatic carbocycles. The predicted octanol–water partition coefficient (Wildman–Crippen LogP) is 1.82. The zero-order valence-electron chi connectivity index (χ0n) is 11.8. The Morgan fingerprint density at radius 2 is 1.95 bits per heavy atom. The van der Waals surface area contributed by atoms with Crippen LogP contribution in [0.15, 0.2) is 36.9 Å². The van der Waals surface area contributed by atoms with E-state index >= 15 is 0 Å². The molecule has 1 fully saturated rings. The van der Waals surface area contributed by atoms with Crippen molar-refractivity contribution in [3.8, 4) is 0 Å². The van der Waals surface area contributed by atoms with Crippen LogP contribution in [0.4, 0.5) is 5.82 Å². The number of nitrogens with zero attached hydrogens (tertiary/aromatic N) is 6. The number of hydrogen-bond donors (Lipinski definition) is 0. The number of aromatic nitrogens is 5. The summed E-state index contributed by atoms with van der Waals surface area (Å²) in [6.45, 7) is 3.91. The summed E-state index contributed by atoms with van der Waals surface area (Å²) in [5.41, 5.74) is 1.27. The lowest BCUT2D eigenvalue weighted by Crippen LogP contribution is -2.21. The van der Waals surface area contributed by atoms with Crippen molar-refractivity contribution in [1.29, 1.82) is 0 Å². The number of rotatable bonds is 2. The van der Waals surface area contributed by atoms with Crippen molar-refractivity contribution in [2.24, 2.45) is 0 Å². The van der Waals surface area contributed by atoms with Gasteiger partial charge >= 0.3 is 0 Å². The fourth-order valence-corrected chi connectivity index (χ4v) is 3.02. The third-order valence-corrected chi connectivity index (χ3v) is 4.03. The van der Waals surface area contributed by atoms with E-state index in [0.717, 1.165) is 36.9 Å². The van der Waals surface area contributed by atoms with Crippen LogP contribution in [0, 0.1) is 6.92 Å². The summed E-state index contributed by atoms with van der Waals surface area (Å²) in [7, 11) is 0. The first-order chi connectivity index (χ1) is 10.3. The average molecular weight is 280 g/mol. The molecule has 6 heteroatoms. The van der Waals surface area contributed by atoms with Crippen molar-refractivity contribution in [1.82, 2.24) is 24.3 Å². The summed E-state index contributed by atoms with van der Waals surface area (Å²) in [5, 5.41) is 0. The molecule has 106 valence electrons. The molecule has 0 bridgehead atoms. The van der Waals surface area contributed by atoms with Crippen LogP contribution in [0.3, 0.4) is 0 Å². The first kappa shape index (κ1) is 12.3. The second-order valence-electron chi connectivity index (χ2n) is 5.36. The molecular weight excluding hydrogens is 264 g/mol. The van der Waals surface area contributed by atoms with E-state index in [1.165, 1.54) is 5.69 Å². The van der Waals surface area contributed by atoms with Crippen LogP contribution >= 0.6 is 0 Å². The maximum atomic E-state index is 4.52. The largest absolute Gasteiger partial charge is 0.356 e. The third kappa shape index (κ3) is 2.12. The van der Waals surface area contributed by atoms with Crippen LogP contribution in [0.5, 0.6) is 0 Å². The molecule has 4 heterocycles. The van der Waals surface area contributed by atoms with Gasteiger partial charge < -0.3 is 4.90 Å². The van der Waals surface area contributed by atoms with E-state index in [2.05, 4.69) is 35.3 Å². The molecule has 0 spiro atoms. The minimum atomic E-state index is 0.472. The van der Waals surface area contributed by atoms with Gasteiger partial charge in [-0.1, -0.05) is 0 Å². The lowest BCUT2D eigenvalue weighted by Gasteiger charge is -2.18. The van der Waals surface area contributed by atoms with Crippen LogP contribution in [0.25, 0.3) is 5.78 Å². The number of aryl methyl sites for hydroxylation is 1. The van der Waals surface area contributed by atoms with Crippen molar-refractivity contribution < 1.29 is 0 Å². The van der Waals surface area contributed by atoms with Crippen LogP contribution in [0.1, 0.15) is 23.9 Å². The normalized spacial score (nSPS) is 18.5. The molecule has 4 rings (SSSR count). The summed E-state index contributed by atoms with van der Waals surface area (Å²) < 4.78 is 2.08. The van der Waals surface area contributed by atoms with Gasteiger partial charge in [0.1, 0.15) is 11.6 Å². The Bertz CT molecular complexity index is 780. The van der Waals surface area contributed by atoms with E-state index < -0.39 is 0 Å². The predicted molar refractivity (Wildman–Crippen MR) is 79.3 cm³/mol. The van der Waals surface area contributed by atoms with Gasteiger partial charge in [-0.2, -0.15) is 0 Å². The molecule has 1 atom stereocenters. The van der Waals surface area contributed by atoms with Crippen LogP contribution in [0.2, 0.25) is 0 Å². The molecule has 0 amide bonds. The molecule has 3 aromatic heterocycles. The van der Waals surface area contributed by atoms with Crippen LogP contribution in [-0.4, -0.2) is 37.4 Å². The Kier molecular flexibility index (Phi) is 2.80. The molecule has 1 unspecified atom stereocenters. The molecular formula is C15H16N6. The van der Waals surface area contributed by atoms with Crippen molar-refractivity contribution in [2.75, 3.05) is 18.0 Å². The summed E-state index contributed by atoms with van der Waals surface area (Å²) in [6, 6.07) is 4.07. The zero-order chi connectivity index (χ0) is 14.2. The lowest BCUT2D eigenvalue weighted by molar-refractivity contribution is 0.725. The number of imidazole rings is 1. The van der Waals surface area contributed by atoms with Gasteiger partial charge in [0, 0.05) is 49.5 Å². The second-order valence-corrected chi connectivity index (χ2v) is 5.36. The quantitative estimate of drug-likeness (QED) is 0.716. The molecule has 6 nitrogen and oxygen atoms in total. The Morgan fingerprint density at radius 1 is 1.10 bits per heavy atom. The molecule has 1 saturated heterocycles. The molecule has 21 heavy (non-hydrogen) atoms. The molecule has 0 N–H and O–H groups in total. The minimum Gasteiger partial charge on any atom is -0.356 e. The molecule has 0 aromatic carbocycles. The Morgan fingerprint density at radius 3 is 2.86 bits per heavy atom. The monoisotopic (exact) mass is 280 g/mol. The van der Waals surface area contributed by atoms with Crippen LogP contribution < -0.4 is 4.90 Å². The van der Waals surface area contributed by atoms with Gasteiger partial charge in [-0.3, -0.25) is 4.40 Å². The first-order valence-corrected chi connectivity index (χ1v) is 7.14. The second kappa shape index (κ2) is 4.80. The maximum Gasteiger partial charge on any atom is 0.233 e. The standard InChI is InChI=1S/C15H16N6/c1-11-16-6-3-14(19-11)20-8-4-12(10-20)13-2-5-17-15-18-7-9-21(13)15/h2-3,5-7,9,12H,4,8,10H2,1H3. The van der Waals surface area contributed by atoms with E-state index in [4.69, 9.17) is 0 Å². The fraction of sp³-hybridized carbons (Fsp3) is 0.333. The fourth-order valence-electron chi connectivity index (χ4n) is 3.02. The van der Waals surface area contributed by atoms with Crippen LogP contribution in [-0.2, 0) is 0 Å². The Hall–Kier alpha value is -2.50. The highest BCUT2D eigenvalue weighted by molar-refractivity contribution is 5.41. The Labute approximate surface area is 122 Å². The van der Waals surface area contributed by atoms with Gasteiger partial charge in [-0.25, -0.2) is 19.9 Å². The van der Waals surface area contributed by atoms with Gasteiger partial charge in [0.15, 0.2) is 0 Å². The first-order valence-electron chi connectivity index (χ1n) is 7.14. The van der Waals surface area contributed by atoms with Gasteiger partial charge in [0.25, 0.3) is 0 Å². The van der Waals surface area contributed by atoms with Gasteiger partial charge in [-0.15, -0.1) is 0 Å². The molecule has 3 aromatic rings. The summed E-state index contributed by atoms with van der Waals surface area (Å²) in [4.78, 5) is 19.5. The highest BCUT2D eigenvalue weighted by atomic mass is 15.2. The number of anilines is 1. The van der Waals surface area contributed by atoms with Crippen molar-refractivity contribution >= 4 is 11.6 Å². The average Bonchev–Trinajstić information content (AvgIpc) is 3.16. The van der Waals surface area contributed by atoms with E-state index in [0.29, 0.717) is 5.92 Å². The molecule has 1 aliphatic rings. The van der Waals surface area contributed by atoms with Crippen molar-refractivity contribution in [2.45, 2.75) is 19.3 Å². The maximum absolute atomic E-state index is 4.52. The third-order valence-electron chi connectivity index (χ3n) is 4.03. The topological polar surface area (TPSA) is 59.2 Å². The number of fused-ring (bicyclic) bond motifs is 1. The SMILES string of the molecule is Cc1nccc(N2CCC(c3ccnc4nccn34)C2)n1. The zero-order valence-corrected chi connectivity index (χ0v) is 11.8. The molecule has 1 aliphatic heterocycles. The molecule has 0 saturated carbocycles. The van der Waals surface area contributed by atoms with E-state index in [1.54, 1.807) is 6.20 Å². The van der Waals surface area contributed by atoms with E-state index in [-0.39, 0.29) is 0 Å². The van der Waals surface area contributed by atoms with Crippen molar-refractivity contribution in [3.05, 3.63) is 48.4 Å². The highest BCUT2D eigenvalue weighted by Crippen LogP contribution is 2.29. The van der Waals surface area contributed by atoms with Gasteiger partial charge in [0.2, 0.25) is 5.78 Å². The van der Waals surface area contributed by atoms with Gasteiger partial charge in [-0.05, 0) is 25.5 Å². The summed E-state index contributed by atoms with van der Waals surface area (Å²) in [6.07, 6.45) is 8.56. The van der Waals surface area contributed by atoms with E-state index in [9.17, 15) is 0 Å². The highest BCUT2D eigenvalue weighted by Gasteiger charge is 2.26. The minimum absolute atomic E-state index is 0.472. The van der Waals surface area contributed by atoms with E-state index in [1.807, 2.05) is 31.6 Å². The van der Waals surface area contributed by atoms with Gasteiger partial charge in [0.05, 0.1) is 0 Å². The lowest BCUT2D eigenvalue weighted by atomic mass is 10.0. The summed E-state index contributed by atoms with van der Waals surface area (Å²) in [5.74, 6) is 3.07. The van der Waals surface area contributed by atoms with Crippen molar-refractivity contribution in [3.63, 3.8) is 0 Å². The summed E-state index contributed by atoms with van der Waals surface area (Å²) >= 11 is 0. The Balaban J connectivity index is 1.63. The smallest absolute Gasteiger partial charge is 0.233 e.